The van der Waals surface area contributed by atoms with Crippen molar-refractivity contribution in [2.75, 3.05) is 5.73 Å². The van der Waals surface area contributed by atoms with Crippen molar-refractivity contribution in [1.29, 1.82) is 0 Å². The van der Waals surface area contributed by atoms with Gasteiger partial charge < -0.3 is 26.4 Å². The number of amides is 3. The lowest BCUT2D eigenvalue weighted by Gasteiger charge is -2.28. The van der Waals surface area contributed by atoms with Gasteiger partial charge in [0.15, 0.2) is 0 Å². The van der Waals surface area contributed by atoms with Gasteiger partial charge in [-0.15, -0.1) is 0 Å². The predicted molar refractivity (Wildman–Crippen MR) is 144 cm³/mol. The first kappa shape index (κ1) is 26.7. The van der Waals surface area contributed by atoms with Gasteiger partial charge in [-0.2, -0.15) is 0 Å². The maximum atomic E-state index is 13.4. The number of primary amides is 1. The van der Waals surface area contributed by atoms with Crippen molar-refractivity contribution >= 4 is 24.0 Å². The highest BCUT2D eigenvalue weighted by Crippen LogP contribution is 2.63. The summed E-state index contributed by atoms with van der Waals surface area (Å²) in [4.78, 5) is 41.0. The highest BCUT2D eigenvalue weighted by molar-refractivity contribution is 5.90. The van der Waals surface area contributed by atoms with Crippen LogP contribution in [0, 0.1) is 11.3 Å². The number of fused-ring (bicyclic) bond motifs is 1. The Hall–Kier alpha value is -4.40. The molecule has 3 aromatic rings. The average molecular weight is 516 g/mol. The van der Waals surface area contributed by atoms with Crippen LogP contribution in [0.3, 0.4) is 0 Å². The summed E-state index contributed by atoms with van der Waals surface area (Å²) >= 11 is 0. The first-order valence-electron chi connectivity index (χ1n) is 12.5. The number of ether oxygens (including phenoxy) is 1. The maximum absolute atomic E-state index is 13.4. The van der Waals surface area contributed by atoms with E-state index in [1.807, 2.05) is 65.6 Å². The smallest absolute Gasteiger partial charge is 0.243 e. The number of nitrogens with one attached hydrogen (secondary N) is 1. The van der Waals surface area contributed by atoms with E-state index in [0.717, 1.165) is 16.9 Å². The van der Waals surface area contributed by atoms with Crippen LogP contribution >= 0.6 is 0 Å². The Morgan fingerprint density at radius 1 is 1.08 bits per heavy atom. The summed E-state index contributed by atoms with van der Waals surface area (Å²) in [5, 5.41) is 2.98. The van der Waals surface area contributed by atoms with Crippen molar-refractivity contribution < 1.29 is 19.1 Å². The Labute approximate surface area is 222 Å². The summed E-state index contributed by atoms with van der Waals surface area (Å²) in [7, 11) is 0. The van der Waals surface area contributed by atoms with E-state index in [4.69, 9.17) is 15.3 Å². The van der Waals surface area contributed by atoms with Gasteiger partial charge in [0.1, 0.15) is 23.4 Å². The van der Waals surface area contributed by atoms with Gasteiger partial charge in [-0.1, -0.05) is 50.2 Å². The Morgan fingerprint density at radius 2 is 1.71 bits per heavy atom. The van der Waals surface area contributed by atoms with Crippen LogP contribution in [-0.2, 0) is 27.3 Å². The van der Waals surface area contributed by atoms with Gasteiger partial charge in [-0.05, 0) is 59.2 Å². The molecule has 3 amide bonds. The number of carbonyl (C=O) groups excluding carboxylic acids is 3. The quantitative estimate of drug-likeness (QED) is 0.413. The van der Waals surface area contributed by atoms with Gasteiger partial charge in [0, 0.05) is 18.8 Å². The van der Waals surface area contributed by atoms with E-state index < -0.39 is 6.04 Å². The van der Waals surface area contributed by atoms with Crippen LogP contribution in [0.1, 0.15) is 31.4 Å². The van der Waals surface area contributed by atoms with Crippen molar-refractivity contribution in [3.8, 4) is 11.5 Å². The summed E-state index contributed by atoms with van der Waals surface area (Å²) in [5.41, 5.74) is 11.6. The van der Waals surface area contributed by atoms with Crippen molar-refractivity contribution in [3.63, 3.8) is 0 Å². The monoisotopic (exact) mass is 515 g/mol. The molecule has 2 aromatic carbocycles. The third-order valence-electron chi connectivity index (χ3n) is 7.51. The number of anilines is 1. The second kappa shape index (κ2) is 11.3. The van der Waals surface area contributed by atoms with Gasteiger partial charge in [0.05, 0.1) is 6.42 Å². The molecule has 2 fully saturated rings. The molecule has 3 unspecified atom stereocenters. The molecule has 1 aliphatic heterocycles. The molecule has 1 saturated carbocycles. The minimum Gasteiger partial charge on any atom is -0.457 e. The fourth-order valence-corrected chi connectivity index (χ4v) is 5.30. The standard InChI is InChI=1S/C28H30N4O3.CH3NO/c1-18-26-28(18,2)15-23(27(34)31-17-20-10-13-24(29)30-16-20)32(26)25(33)14-19-8-11-22(12-9-19)35-21-6-4-3-5-7-21;2-1-3/h3-13,16,18,23,26H,14-15,17H2,1-2H3,(H2,29,30)(H,31,34);1H,(H2,2,3)/t18?,23?,26?,28-;/m1./s1. The maximum Gasteiger partial charge on any atom is 0.243 e. The number of benzene rings is 2. The van der Waals surface area contributed by atoms with Crippen molar-refractivity contribution in [2.45, 2.75) is 45.3 Å². The van der Waals surface area contributed by atoms with Crippen LogP contribution in [-0.4, -0.2) is 40.2 Å². The van der Waals surface area contributed by atoms with E-state index in [9.17, 15) is 9.59 Å². The van der Waals surface area contributed by atoms with Crippen molar-refractivity contribution in [1.82, 2.24) is 15.2 Å². The zero-order valence-electron chi connectivity index (χ0n) is 21.5. The molecular formula is C29H33N5O4. The number of aromatic nitrogens is 1. The van der Waals surface area contributed by atoms with Gasteiger partial charge in [0.25, 0.3) is 0 Å². The topological polar surface area (TPSA) is 141 Å². The number of hydrogen-bond donors (Lipinski definition) is 3. The lowest BCUT2D eigenvalue weighted by molar-refractivity contribution is -0.139. The summed E-state index contributed by atoms with van der Waals surface area (Å²) in [6, 6.07) is 20.3. The van der Waals surface area contributed by atoms with Crippen molar-refractivity contribution in [2.24, 2.45) is 17.1 Å². The molecule has 0 radical (unpaired) electrons. The molecule has 38 heavy (non-hydrogen) atoms. The molecule has 1 aromatic heterocycles. The molecule has 9 nitrogen and oxygen atoms in total. The number of nitrogens with zero attached hydrogens (tertiary/aromatic N) is 2. The lowest BCUT2D eigenvalue weighted by Crippen LogP contribution is -2.49. The van der Waals surface area contributed by atoms with Gasteiger partial charge in [0.2, 0.25) is 18.2 Å². The average Bonchev–Trinajstić information content (AvgIpc) is 3.26. The molecule has 2 aliphatic rings. The summed E-state index contributed by atoms with van der Waals surface area (Å²) in [6.45, 7) is 4.69. The van der Waals surface area contributed by atoms with Crippen LogP contribution in [0.2, 0.25) is 0 Å². The van der Waals surface area contributed by atoms with Gasteiger partial charge in [-0.25, -0.2) is 4.98 Å². The van der Waals surface area contributed by atoms with Crippen LogP contribution in [0.5, 0.6) is 11.5 Å². The van der Waals surface area contributed by atoms with E-state index >= 15 is 0 Å². The second-order valence-electron chi connectivity index (χ2n) is 9.94. The van der Waals surface area contributed by atoms with Crippen LogP contribution in [0.15, 0.2) is 72.9 Å². The second-order valence-corrected chi connectivity index (χ2v) is 9.94. The zero-order chi connectivity index (χ0) is 27.3. The first-order chi connectivity index (χ1) is 18.3. The van der Waals surface area contributed by atoms with Crippen LogP contribution in [0.25, 0.3) is 0 Å². The molecule has 0 bridgehead atoms. The van der Waals surface area contributed by atoms with Crippen LogP contribution in [0.4, 0.5) is 5.82 Å². The highest BCUT2D eigenvalue weighted by Gasteiger charge is 2.69. The van der Waals surface area contributed by atoms with Crippen molar-refractivity contribution in [3.05, 3.63) is 84.1 Å². The molecule has 198 valence electrons. The highest BCUT2D eigenvalue weighted by atomic mass is 16.5. The molecular weight excluding hydrogens is 482 g/mol. The SMILES string of the molecule is CC1C2N(C(=O)Cc3ccc(Oc4ccccc4)cc3)C(C(=O)NCc3ccc(N)nc3)C[C@]12C.NC=O. The number of nitrogens with two attached hydrogens (primary N) is 2. The Bertz CT molecular complexity index is 1270. The number of rotatable bonds is 7. The molecule has 4 atom stereocenters. The molecule has 2 heterocycles. The number of hydrogen-bond acceptors (Lipinski definition) is 6. The number of carbonyl (C=O) groups is 3. The fourth-order valence-electron chi connectivity index (χ4n) is 5.30. The molecule has 5 rings (SSSR count). The third-order valence-corrected chi connectivity index (χ3v) is 7.51. The third kappa shape index (κ3) is 5.77. The molecule has 5 N–H and O–H groups in total. The lowest BCUT2D eigenvalue weighted by atomic mass is 9.98. The Morgan fingerprint density at radius 3 is 2.34 bits per heavy atom. The van der Waals surface area contributed by atoms with Crippen LogP contribution < -0.4 is 21.5 Å². The van der Waals surface area contributed by atoms with E-state index in [2.05, 4.69) is 29.9 Å². The fraction of sp³-hybridized carbons (Fsp3) is 0.310. The molecule has 1 aliphatic carbocycles. The molecule has 1 saturated heterocycles. The number of nitrogen functional groups attached to an aromatic ring is 1. The number of pyridine rings is 1. The summed E-state index contributed by atoms with van der Waals surface area (Å²) < 4.78 is 5.85. The minimum absolute atomic E-state index is 0.00615. The largest absolute Gasteiger partial charge is 0.457 e. The number of likely N-dealkylation sites (tertiary alicyclic amines) is 1. The van der Waals surface area contributed by atoms with E-state index in [-0.39, 0.29) is 36.1 Å². The number of para-hydroxylation sites is 1. The summed E-state index contributed by atoms with van der Waals surface area (Å²) in [6.07, 6.45) is 2.83. The zero-order valence-corrected chi connectivity index (χ0v) is 21.5. The minimum atomic E-state index is -0.462. The normalized spacial score (nSPS) is 22.9. The number of piperidine rings is 1. The predicted octanol–water partition coefficient (Wildman–Crippen LogP) is 3.04. The Kier molecular flexibility index (Phi) is 7.95. The first-order valence-corrected chi connectivity index (χ1v) is 12.5. The van der Waals surface area contributed by atoms with Gasteiger partial charge >= 0.3 is 0 Å². The molecule has 0 spiro atoms. The van der Waals surface area contributed by atoms with E-state index in [1.54, 1.807) is 12.3 Å². The molecule has 9 heteroatoms. The van der Waals surface area contributed by atoms with E-state index in [0.29, 0.717) is 30.5 Å². The van der Waals surface area contributed by atoms with Gasteiger partial charge in [-0.3, -0.25) is 14.4 Å². The Balaban J connectivity index is 0.00000107. The van der Waals surface area contributed by atoms with E-state index in [1.165, 1.54) is 0 Å². The summed E-state index contributed by atoms with van der Waals surface area (Å²) in [5.74, 6) is 2.16.